The SMILES string of the molecule is CO[C@@H]1CCC[C@@H](C(=O)N2CCC[C@H]2c2[nH]ncc2-c2ccnc(N(C)C)n2)C1. The molecule has 0 bridgehead atoms. The van der Waals surface area contributed by atoms with Gasteiger partial charge in [0, 0.05) is 45.4 Å². The molecule has 1 saturated heterocycles. The minimum Gasteiger partial charge on any atom is -0.381 e. The maximum atomic E-state index is 13.4. The minimum absolute atomic E-state index is 0.0145. The van der Waals surface area contributed by atoms with E-state index in [4.69, 9.17) is 4.74 Å². The highest BCUT2D eigenvalue weighted by atomic mass is 16.5. The van der Waals surface area contributed by atoms with Crippen molar-refractivity contribution >= 4 is 11.9 Å². The lowest BCUT2D eigenvalue weighted by atomic mass is 9.86. The Morgan fingerprint density at radius 2 is 2.14 bits per heavy atom. The monoisotopic (exact) mass is 398 g/mol. The summed E-state index contributed by atoms with van der Waals surface area (Å²) in [5, 5.41) is 7.45. The average molecular weight is 399 g/mol. The van der Waals surface area contributed by atoms with E-state index < -0.39 is 0 Å². The van der Waals surface area contributed by atoms with Crippen LogP contribution in [0.5, 0.6) is 0 Å². The van der Waals surface area contributed by atoms with E-state index in [0.29, 0.717) is 5.95 Å². The van der Waals surface area contributed by atoms with Crippen LogP contribution in [0.2, 0.25) is 0 Å². The van der Waals surface area contributed by atoms with Crippen LogP contribution in [-0.2, 0) is 9.53 Å². The Kier molecular flexibility index (Phi) is 5.80. The zero-order valence-electron chi connectivity index (χ0n) is 17.5. The van der Waals surface area contributed by atoms with E-state index in [2.05, 4.69) is 20.2 Å². The first-order chi connectivity index (χ1) is 14.1. The second-order valence-corrected chi connectivity index (χ2v) is 8.24. The molecule has 156 valence electrons. The highest BCUT2D eigenvalue weighted by molar-refractivity contribution is 5.80. The third-order valence-corrected chi connectivity index (χ3v) is 6.17. The van der Waals surface area contributed by atoms with Crippen molar-refractivity contribution in [1.82, 2.24) is 25.1 Å². The number of likely N-dealkylation sites (tertiary alicyclic amines) is 1. The number of nitrogens with one attached hydrogen (secondary N) is 1. The number of hydrogen-bond acceptors (Lipinski definition) is 6. The summed E-state index contributed by atoms with van der Waals surface area (Å²) >= 11 is 0. The van der Waals surface area contributed by atoms with Gasteiger partial charge in [0.15, 0.2) is 0 Å². The Morgan fingerprint density at radius 3 is 2.93 bits per heavy atom. The van der Waals surface area contributed by atoms with Gasteiger partial charge in [-0.05, 0) is 38.2 Å². The molecule has 2 aliphatic rings. The van der Waals surface area contributed by atoms with Crippen molar-refractivity contribution in [2.75, 3.05) is 32.6 Å². The van der Waals surface area contributed by atoms with Crippen LogP contribution in [0.1, 0.15) is 50.3 Å². The van der Waals surface area contributed by atoms with Crippen LogP contribution < -0.4 is 4.90 Å². The van der Waals surface area contributed by atoms with Crippen molar-refractivity contribution in [2.45, 2.75) is 50.7 Å². The van der Waals surface area contributed by atoms with Crippen LogP contribution in [0.4, 0.5) is 5.95 Å². The molecule has 1 aliphatic carbocycles. The second kappa shape index (κ2) is 8.49. The second-order valence-electron chi connectivity index (χ2n) is 8.24. The molecular formula is C21H30N6O2. The summed E-state index contributed by atoms with van der Waals surface area (Å²) in [6, 6.07) is 1.91. The van der Waals surface area contributed by atoms with Crippen LogP contribution >= 0.6 is 0 Å². The predicted octanol–water partition coefficient (Wildman–Crippen LogP) is 2.80. The molecule has 0 radical (unpaired) electrons. The smallest absolute Gasteiger partial charge is 0.226 e. The van der Waals surface area contributed by atoms with Gasteiger partial charge in [-0.2, -0.15) is 5.10 Å². The fourth-order valence-electron chi connectivity index (χ4n) is 4.62. The van der Waals surface area contributed by atoms with E-state index in [0.717, 1.165) is 62.0 Å². The fraction of sp³-hybridized carbons (Fsp3) is 0.619. The molecule has 29 heavy (non-hydrogen) atoms. The molecule has 2 fully saturated rings. The minimum atomic E-state index is 0.0145. The first kappa shape index (κ1) is 19.8. The van der Waals surface area contributed by atoms with Gasteiger partial charge in [0.2, 0.25) is 11.9 Å². The summed E-state index contributed by atoms with van der Waals surface area (Å²) in [6.07, 6.45) is 9.59. The van der Waals surface area contributed by atoms with Gasteiger partial charge in [0.1, 0.15) is 0 Å². The number of aromatic amines is 1. The van der Waals surface area contributed by atoms with Crippen molar-refractivity contribution in [1.29, 1.82) is 0 Å². The van der Waals surface area contributed by atoms with Crippen LogP contribution in [0.25, 0.3) is 11.3 Å². The Labute approximate surface area is 171 Å². The lowest BCUT2D eigenvalue weighted by Gasteiger charge is -2.33. The molecule has 2 aromatic heterocycles. The number of carbonyl (C=O) groups is 1. The van der Waals surface area contributed by atoms with E-state index in [-0.39, 0.29) is 24.0 Å². The summed E-state index contributed by atoms with van der Waals surface area (Å²) < 4.78 is 5.54. The molecule has 3 heterocycles. The molecule has 1 N–H and O–H groups in total. The lowest BCUT2D eigenvalue weighted by molar-refractivity contribution is -0.139. The normalized spacial score (nSPS) is 24.7. The Morgan fingerprint density at radius 1 is 1.28 bits per heavy atom. The number of rotatable bonds is 5. The Hall–Kier alpha value is -2.48. The highest BCUT2D eigenvalue weighted by Crippen LogP contribution is 2.38. The van der Waals surface area contributed by atoms with Gasteiger partial charge >= 0.3 is 0 Å². The highest BCUT2D eigenvalue weighted by Gasteiger charge is 2.38. The van der Waals surface area contributed by atoms with Crippen molar-refractivity contribution < 1.29 is 9.53 Å². The van der Waals surface area contributed by atoms with Gasteiger partial charge in [-0.15, -0.1) is 0 Å². The number of carbonyl (C=O) groups excluding carboxylic acids is 1. The number of hydrogen-bond donors (Lipinski definition) is 1. The third-order valence-electron chi connectivity index (χ3n) is 6.17. The first-order valence-corrected chi connectivity index (χ1v) is 10.5. The lowest BCUT2D eigenvalue weighted by Crippen LogP contribution is -2.39. The van der Waals surface area contributed by atoms with Crippen LogP contribution in [0.3, 0.4) is 0 Å². The van der Waals surface area contributed by atoms with Crippen molar-refractivity contribution in [3.05, 3.63) is 24.2 Å². The molecule has 3 atom stereocenters. The van der Waals surface area contributed by atoms with E-state index in [1.807, 2.05) is 30.0 Å². The average Bonchev–Trinajstić information content (AvgIpc) is 3.42. The van der Waals surface area contributed by atoms with Crippen molar-refractivity contribution in [2.24, 2.45) is 5.92 Å². The molecule has 4 rings (SSSR count). The Bertz CT molecular complexity index is 851. The van der Waals surface area contributed by atoms with E-state index in [1.165, 1.54) is 0 Å². The third kappa shape index (κ3) is 3.99. The van der Waals surface area contributed by atoms with Crippen LogP contribution in [-0.4, -0.2) is 64.8 Å². The quantitative estimate of drug-likeness (QED) is 0.833. The molecule has 8 heteroatoms. The zero-order valence-corrected chi connectivity index (χ0v) is 17.5. The first-order valence-electron chi connectivity index (χ1n) is 10.5. The number of anilines is 1. The van der Waals surface area contributed by atoms with Gasteiger partial charge in [-0.3, -0.25) is 9.89 Å². The number of methoxy groups -OCH3 is 1. The molecule has 8 nitrogen and oxygen atoms in total. The van der Waals surface area contributed by atoms with E-state index in [1.54, 1.807) is 19.5 Å². The number of nitrogens with zero attached hydrogens (tertiary/aromatic N) is 5. The van der Waals surface area contributed by atoms with E-state index in [9.17, 15) is 4.79 Å². The summed E-state index contributed by atoms with van der Waals surface area (Å²) in [4.78, 5) is 26.3. The summed E-state index contributed by atoms with van der Waals surface area (Å²) in [5.41, 5.74) is 2.74. The van der Waals surface area contributed by atoms with Crippen LogP contribution in [0, 0.1) is 5.92 Å². The summed E-state index contributed by atoms with van der Waals surface area (Å²) in [6.45, 7) is 0.794. The topological polar surface area (TPSA) is 87.2 Å². The van der Waals surface area contributed by atoms with Gasteiger partial charge in [0.05, 0.1) is 29.7 Å². The number of aromatic nitrogens is 4. The molecule has 1 aliphatic heterocycles. The maximum Gasteiger partial charge on any atom is 0.226 e. The van der Waals surface area contributed by atoms with E-state index >= 15 is 0 Å². The maximum absolute atomic E-state index is 13.4. The molecule has 0 aromatic carbocycles. The van der Waals surface area contributed by atoms with Gasteiger partial charge < -0.3 is 14.5 Å². The van der Waals surface area contributed by atoms with Gasteiger partial charge in [-0.1, -0.05) is 6.42 Å². The van der Waals surface area contributed by atoms with Gasteiger partial charge in [-0.25, -0.2) is 9.97 Å². The summed E-state index contributed by atoms with van der Waals surface area (Å²) in [7, 11) is 5.59. The number of amides is 1. The molecule has 0 spiro atoms. The largest absolute Gasteiger partial charge is 0.381 e. The molecule has 0 unspecified atom stereocenters. The standard InChI is InChI=1S/C21H30N6O2/c1-26(2)21-22-10-9-17(24-21)16-13-23-25-19(16)18-8-5-11-27(18)20(28)14-6-4-7-15(12-14)29-3/h9-10,13-15,18H,4-8,11-12H2,1-3H3,(H,23,25)/t14-,15-,18+/m1/s1. The fourth-order valence-corrected chi connectivity index (χ4v) is 4.62. The molecular weight excluding hydrogens is 368 g/mol. The van der Waals surface area contributed by atoms with Gasteiger partial charge in [0.25, 0.3) is 0 Å². The summed E-state index contributed by atoms with van der Waals surface area (Å²) in [5.74, 6) is 0.966. The van der Waals surface area contributed by atoms with Crippen molar-refractivity contribution in [3.8, 4) is 11.3 Å². The number of ether oxygens (including phenoxy) is 1. The molecule has 1 amide bonds. The molecule has 1 saturated carbocycles. The predicted molar refractivity (Wildman–Crippen MR) is 110 cm³/mol. The van der Waals surface area contributed by atoms with Crippen molar-refractivity contribution in [3.63, 3.8) is 0 Å². The van der Waals surface area contributed by atoms with Crippen LogP contribution in [0.15, 0.2) is 18.5 Å². The Balaban J connectivity index is 1.58. The number of H-pyrrole nitrogens is 1. The molecule has 2 aromatic rings. The zero-order chi connectivity index (χ0) is 20.4.